The first-order valence-electron chi connectivity index (χ1n) is 15.9. The molecule has 9 rings (SSSR count). The molecule has 42 heavy (non-hydrogen) atoms. The fourth-order valence-electron chi connectivity index (χ4n) is 7.69. The first kappa shape index (κ1) is 26.5. The molecular weight excluding hydrogens is 538 g/mol. The van der Waals surface area contributed by atoms with Crippen LogP contribution in [-0.2, 0) is 10.2 Å². The number of benzene rings is 1. The van der Waals surface area contributed by atoms with Crippen molar-refractivity contribution in [3.05, 3.63) is 48.1 Å². The monoisotopic (exact) mass is 576 g/mol. The van der Waals surface area contributed by atoms with Gasteiger partial charge in [-0.1, -0.05) is 17.3 Å². The Bertz CT molecular complexity index is 1450. The summed E-state index contributed by atoms with van der Waals surface area (Å²) in [5.41, 5.74) is 1.61. The third-order valence-corrected chi connectivity index (χ3v) is 11.0. The predicted molar refractivity (Wildman–Crippen MR) is 151 cm³/mol. The van der Waals surface area contributed by atoms with Crippen molar-refractivity contribution in [2.24, 2.45) is 11.3 Å². The molecule has 1 amide bonds. The molecule has 0 radical (unpaired) electrons. The van der Waals surface area contributed by atoms with Crippen molar-refractivity contribution >= 4 is 11.6 Å². The molecule has 2 aromatic heterocycles. The number of hydrogen-bond donors (Lipinski definition) is 0. The van der Waals surface area contributed by atoms with Gasteiger partial charge in [-0.15, -0.1) is 0 Å². The van der Waals surface area contributed by atoms with Crippen molar-refractivity contribution in [1.82, 2.24) is 15.1 Å². The lowest BCUT2D eigenvalue weighted by atomic mass is 9.53. The van der Waals surface area contributed by atoms with Gasteiger partial charge in [-0.25, -0.2) is 13.8 Å². The summed E-state index contributed by atoms with van der Waals surface area (Å²) in [5.74, 6) is 0.958. The summed E-state index contributed by atoms with van der Waals surface area (Å²) in [7, 11) is 0. The second-order valence-corrected chi connectivity index (χ2v) is 14.0. The van der Waals surface area contributed by atoms with E-state index in [0.717, 1.165) is 93.1 Å². The molecule has 0 atom stereocenters. The molecule has 0 aliphatic heterocycles. The highest BCUT2D eigenvalue weighted by atomic mass is 19.3. The van der Waals surface area contributed by atoms with Crippen molar-refractivity contribution in [3.63, 3.8) is 0 Å². The van der Waals surface area contributed by atoms with Crippen LogP contribution in [0.5, 0.6) is 0 Å². The average Bonchev–Trinajstić information content (AvgIpc) is 3.95. The number of aromatic nitrogens is 3. The summed E-state index contributed by atoms with van der Waals surface area (Å²) < 4.78 is 40.0. The van der Waals surface area contributed by atoms with Crippen LogP contribution in [0.15, 0.2) is 39.4 Å². The Morgan fingerprint density at radius 3 is 2.33 bits per heavy atom. The Morgan fingerprint density at radius 2 is 1.64 bits per heavy atom. The number of halogens is 2. The predicted octanol–water partition coefficient (Wildman–Crippen LogP) is 7.93. The van der Waals surface area contributed by atoms with E-state index in [9.17, 15) is 13.6 Å². The molecule has 6 aliphatic carbocycles. The van der Waals surface area contributed by atoms with Crippen molar-refractivity contribution < 1.29 is 22.5 Å². The number of carbonyl (C=O) groups is 1. The van der Waals surface area contributed by atoms with Crippen LogP contribution in [0.1, 0.15) is 119 Å². The molecule has 222 valence electrons. The highest BCUT2D eigenvalue weighted by Crippen LogP contribution is 2.58. The van der Waals surface area contributed by atoms with Gasteiger partial charge < -0.3 is 13.8 Å². The molecule has 0 saturated heterocycles. The van der Waals surface area contributed by atoms with E-state index in [2.05, 4.69) is 10.1 Å². The van der Waals surface area contributed by atoms with Gasteiger partial charge in [-0.2, -0.15) is 4.98 Å². The zero-order valence-electron chi connectivity index (χ0n) is 24.0. The average molecular weight is 577 g/mol. The van der Waals surface area contributed by atoms with Gasteiger partial charge in [-0.05, 0) is 94.6 Å². The van der Waals surface area contributed by atoms with Crippen LogP contribution < -0.4 is 4.90 Å². The van der Waals surface area contributed by atoms with E-state index < -0.39 is 5.92 Å². The summed E-state index contributed by atoms with van der Waals surface area (Å²) in [6.07, 6.45) is 12.2. The van der Waals surface area contributed by atoms with E-state index in [1.807, 2.05) is 29.2 Å². The SMILES string of the molecule is O=C(C1CCC(F)(F)CC1)N(CC12CCC(c3nc(C4CC4)no3)(CC1)CC2)c1cccc(-c2cnc(C3CC3)o2)c1. The fourth-order valence-corrected chi connectivity index (χ4v) is 7.69. The number of hydrogen-bond acceptors (Lipinski definition) is 6. The number of nitrogens with zero attached hydrogens (tertiary/aromatic N) is 4. The second-order valence-electron chi connectivity index (χ2n) is 14.0. The maximum Gasteiger partial charge on any atom is 0.248 e. The molecule has 2 bridgehead atoms. The molecule has 0 N–H and O–H groups in total. The Labute approximate surface area is 244 Å². The summed E-state index contributed by atoms with van der Waals surface area (Å²) in [5, 5.41) is 4.30. The van der Waals surface area contributed by atoms with Crippen LogP contribution in [0.2, 0.25) is 0 Å². The molecule has 0 unspecified atom stereocenters. The van der Waals surface area contributed by atoms with Crippen LogP contribution in [0.25, 0.3) is 11.3 Å². The Balaban J connectivity index is 1.06. The minimum absolute atomic E-state index is 0.0171. The van der Waals surface area contributed by atoms with Crippen molar-refractivity contribution in [1.29, 1.82) is 0 Å². The molecule has 3 aromatic rings. The van der Waals surface area contributed by atoms with Gasteiger partial charge in [0.05, 0.1) is 6.20 Å². The van der Waals surface area contributed by atoms with Crippen LogP contribution >= 0.6 is 0 Å². The van der Waals surface area contributed by atoms with Gasteiger partial charge in [-0.3, -0.25) is 4.79 Å². The van der Waals surface area contributed by atoms with E-state index in [0.29, 0.717) is 24.1 Å². The van der Waals surface area contributed by atoms with E-state index in [1.165, 1.54) is 0 Å². The molecule has 0 spiro atoms. The molecule has 6 aliphatic rings. The molecule has 9 heteroatoms. The Kier molecular flexibility index (Phi) is 6.13. The maximum atomic E-state index is 14.2. The molecule has 6 saturated carbocycles. The number of rotatable bonds is 8. The summed E-state index contributed by atoms with van der Waals surface area (Å²) in [6, 6.07) is 7.92. The minimum Gasteiger partial charge on any atom is -0.440 e. The third kappa shape index (κ3) is 4.86. The zero-order chi connectivity index (χ0) is 28.5. The fraction of sp³-hybridized carbons (Fsp3) is 0.636. The second kappa shape index (κ2) is 9.71. The van der Waals surface area contributed by atoms with Gasteiger partial charge in [0.2, 0.25) is 17.7 Å². The Morgan fingerprint density at radius 1 is 0.929 bits per heavy atom. The van der Waals surface area contributed by atoms with Gasteiger partial charge in [0.15, 0.2) is 17.5 Å². The molecule has 1 aromatic carbocycles. The maximum absolute atomic E-state index is 14.2. The van der Waals surface area contributed by atoms with Crippen molar-refractivity contribution in [2.45, 2.75) is 113 Å². The standard InChI is InChI=1S/C33H38F2N4O3/c34-33(35)10-8-23(9-11-33)29(40)39(25-3-1-2-24(18-25)26-19-36-28(41-26)22-6-7-22)20-31-12-15-32(16-13-31,17-14-31)30-37-27(38-42-30)21-4-5-21/h1-3,18-19,21-23H,4-17,20H2. The van der Waals surface area contributed by atoms with Gasteiger partial charge in [0.1, 0.15) is 0 Å². The zero-order valence-corrected chi connectivity index (χ0v) is 24.0. The minimum atomic E-state index is -2.67. The third-order valence-electron chi connectivity index (χ3n) is 11.0. The first-order valence-corrected chi connectivity index (χ1v) is 15.9. The highest BCUT2D eigenvalue weighted by Gasteiger charge is 2.53. The number of amides is 1. The van der Waals surface area contributed by atoms with Gasteiger partial charge in [0, 0.05) is 53.8 Å². The highest BCUT2D eigenvalue weighted by molar-refractivity contribution is 5.95. The van der Waals surface area contributed by atoms with E-state index >= 15 is 0 Å². The lowest BCUT2D eigenvalue weighted by Crippen LogP contribution is -2.52. The number of anilines is 1. The molecular formula is C33H38F2N4O3. The quantitative estimate of drug-likeness (QED) is 0.271. The molecule has 2 heterocycles. The van der Waals surface area contributed by atoms with Crippen LogP contribution in [0.3, 0.4) is 0 Å². The van der Waals surface area contributed by atoms with Crippen molar-refractivity contribution in [2.75, 3.05) is 11.4 Å². The number of oxazole rings is 1. The summed E-state index contributed by atoms with van der Waals surface area (Å²) in [6.45, 7) is 0.596. The summed E-state index contributed by atoms with van der Waals surface area (Å²) in [4.78, 5) is 25.4. The van der Waals surface area contributed by atoms with Gasteiger partial charge >= 0.3 is 0 Å². The number of fused-ring (bicyclic) bond motifs is 3. The smallest absolute Gasteiger partial charge is 0.248 e. The van der Waals surface area contributed by atoms with E-state index in [4.69, 9.17) is 13.9 Å². The van der Waals surface area contributed by atoms with Crippen molar-refractivity contribution in [3.8, 4) is 11.3 Å². The summed E-state index contributed by atoms with van der Waals surface area (Å²) >= 11 is 0. The van der Waals surface area contributed by atoms with E-state index in [1.54, 1.807) is 6.20 Å². The lowest BCUT2D eigenvalue weighted by molar-refractivity contribution is -0.127. The number of alkyl halides is 2. The van der Waals surface area contributed by atoms with Crippen LogP contribution in [0.4, 0.5) is 14.5 Å². The largest absolute Gasteiger partial charge is 0.440 e. The lowest BCUT2D eigenvalue weighted by Gasteiger charge is -2.53. The normalized spacial score (nSPS) is 29.1. The van der Waals surface area contributed by atoms with E-state index in [-0.39, 0.29) is 48.3 Å². The topological polar surface area (TPSA) is 85.3 Å². The molecule has 7 nitrogen and oxygen atoms in total. The van der Waals surface area contributed by atoms with Crippen LogP contribution in [-0.4, -0.2) is 33.5 Å². The van der Waals surface area contributed by atoms with Crippen LogP contribution in [0, 0.1) is 11.3 Å². The number of carbonyl (C=O) groups excluding carboxylic acids is 1. The Hall–Kier alpha value is -3.10. The first-order chi connectivity index (χ1) is 20.3. The van der Waals surface area contributed by atoms with Gasteiger partial charge in [0.25, 0.3) is 0 Å². The molecule has 6 fully saturated rings.